The lowest BCUT2D eigenvalue weighted by Crippen LogP contribution is -2.32. The Bertz CT molecular complexity index is 916. The Morgan fingerprint density at radius 1 is 1.10 bits per heavy atom. The molecule has 7 nitrogen and oxygen atoms in total. The molecule has 0 saturated carbocycles. The summed E-state index contributed by atoms with van der Waals surface area (Å²) in [6.07, 6.45) is -0.456. The minimum atomic E-state index is -1.00. The molecule has 0 fully saturated rings. The van der Waals surface area contributed by atoms with E-state index in [4.69, 9.17) is 20.5 Å². The normalized spacial score (nSPS) is 15.1. The highest BCUT2D eigenvalue weighted by molar-refractivity contribution is 6.62. The van der Waals surface area contributed by atoms with E-state index in [0.717, 1.165) is 16.6 Å². The number of fused-ring (bicyclic) bond motifs is 2. The molecule has 2 aliphatic heterocycles. The minimum absolute atomic E-state index is 0.00213. The summed E-state index contributed by atoms with van der Waals surface area (Å²) >= 11 is 0. The van der Waals surface area contributed by atoms with Crippen LogP contribution in [0, 0.1) is 5.92 Å². The molecule has 31 heavy (non-hydrogen) atoms. The van der Waals surface area contributed by atoms with Crippen molar-refractivity contribution >= 4 is 30.9 Å². The lowest BCUT2D eigenvalue weighted by Gasteiger charge is -2.20. The van der Waals surface area contributed by atoms with Crippen LogP contribution >= 0.6 is 0 Å². The molecule has 1 unspecified atom stereocenters. The van der Waals surface area contributed by atoms with E-state index in [1.807, 2.05) is 19.9 Å². The van der Waals surface area contributed by atoms with Crippen LogP contribution in [0.25, 0.3) is 0 Å². The molecule has 2 aromatic carbocycles. The standard InChI is InChI=1S/C13H17BO4.C7H7BO3.CH3F/c1-8(2)13(9(3)15)18-11-5-4-10-7-17-14(16)12(10)6-11;9-6-2-1-5-4-11-8(10)7(5)3-6;1-2/h4-6,8,13,16H,7H2,1-3H3;1-3,9-10H,4H2;1H3/i;;1D. The van der Waals surface area contributed by atoms with Crippen LogP contribution in [-0.2, 0) is 27.3 Å². The first kappa shape index (κ1) is 23.3. The highest BCUT2D eigenvalue weighted by Gasteiger charge is 2.29. The van der Waals surface area contributed by atoms with Crippen LogP contribution < -0.4 is 15.7 Å². The van der Waals surface area contributed by atoms with Crippen LogP contribution in [0.3, 0.4) is 0 Å². The fourth-order valence-electron chi connectivity index (χ4n) is 3.30. The van der Waals surface area contributed by atoms with Crippen LogP contribution in [-0.4, -0.2) is 48.4 Å². The first-order valence-corrected chi connectivity index (χ1v) is 9.74. The monoisotopic (exact) mass is 433 g/mol. The molecule has 10 heteroatoms. The third-order valence-electron chi connectivity index (χ3n) is 4.84. The van der Waals surface area contributed by atoms with Crippen molar-refractivity contribution in [2.45, 2.75) is 40.1 Å². The smallest absolute Gasteiger partial charge is 0.491 e. The SMILES string of the molecule is CC(=O)C(Oc1ccc2c(c1)B(O)OC2)C(C)C.OB1OCc2ccc(O)cc21.[2H]CF. The van der Waals surface area contributed by atoms with Gasteiger partial charge in [0.15, 0.2) is 11.9 Å². The Kier molecular flexibility index (Phi) is 8.48. The Balaban J connectivity index is 0.000000220. The molecule has 0 radical (unpaired) electrons. The molecule has 0 bridgehead atoms. The summed E-state index contributed by atoms with van der Waals surface area (Å²) in [5.41, 5.74) is 3.29. The maximum atomic E-state index is 11.5. The summed E-state index contributed by atoms with van der Waals surface area (Å²) in [6.45, 7) is 6.25. The van der Waals surface area contributed by atoms with Gasteiger partial charge in [-0.05, 0) is 59.2 Å². The number of phenolic OH excluding ortho intramolecular Hbond substituents is 1. The van der Waals surface area contributed by atoms with Crippen LogP contribution in [0.5, 0.6) is 11.5 Å². The molecular formula is C21H27B2FO7. The van der Waals surface area contributed by atoms with Crippen molar-refractivity contribution in [2.24, 2.45) is 5.92 Å². The Labute approximate surface area is 183 Å². The zero-order valence-corrected chi connectivity index (χ0v) is 17.7. The number of phenols is 1. The fraction of sp³-hybridized carbons (Fsp3) is 0.381. The van der Waals surface area contributed by atoms with Crippen molar-refractivity contribution < 1.29 is 39.8 Å². The third-order valence-corrected chi connectivity index (χ3v) is 4.84. The Morgan fingerprint density at radius 2 is 1.61 bits per heavy atom. The molecule has 1 atom stereocenters. The maximum Gasteiger partial charge on any atom is 0.491 e. The number of ketones is 1. The lowest BCUT2D eigenvalue weighted by molar-refractivity contribution is -0.125. The summed E-state index contributed by atoms with van der Waals surface area (Å²) in [7, 11) is -2.75. The number of carbonyl (C=O) groups is 1. The summed E-state index contributed by atoms with van der Waals surface area (Å²) in [5, 5.41) is 27.8. The molecule has 0 amide bonds. The maximum absolute atomic E-state index is 11.5. The van der Waals surface area contributed by atoms with Crippen LogP contribution in [0.1, 0.15) is 33.3 Å². The first-order valence-electron chi connectivity index (χ1n) is 10.4. The van der Waals surface area contributed by atoms with Crippen molar-refractivity contribution in [1.29, 1.82) is 0 Å². The van der Waals surface area contributed by atoms with Gasteiger partial charge >= 0.3 is 14.2 Å². The molecule has 2 aliphatic rings. The summed E-state index contributed by atoms with van der Waals surface area (Å²) in [4.78, 5) is 11.5. The van der Waals surface area contributed by atoms with E-state index in [1.165, 1.54) is 13.0 Å². The number of hydrogen-bond acceptors (Lipinski definition) is 7. The van der Waals surface area contributed by atoms with E-state index in [0.29, 0.717) is 24.4 Å². The largest absolute Gasteiger partial charge is 0.508 e. The van der Waals surface area contributed by atoms with Crippen molar-refractivity contribution in [3.05, 3.63) is 47.5 Å². The zero-order valence-electron chi connectivity index (χ0n) is 18.7. The molecule has 0 aliphatic carbocycles. The van der Waals surface area contributed by atoms with Gasteiger partial charge in [0, 0.05) is 0 Å². The number of Topliss-reactive ketones (excluding diaryl/α,β-unsaturated/α-hetero) is 1. The van der Waals surface area contributed by atoms with Gasteiger partial charge in [-0.3, -0.25) is 9.18 Å². The molecule has 3 N–H and O–H groups in total. The van der Waals surface area contributed by atoms with Gasteiger partial charge in [0.1, 0.15) is 11.5 Å². The average Bonchev–Trinajstić information content (AvgIpc) is 3.29. The molecule has 0 aromatic heterocycles. The Morgan fingerprint density at radius 3 is 2.13 bits per heavy atom. The second-order valence-electron chi connectivity index (χ2n) is 7.46. The minimum Gasteiger partial charge on any atom is -0.508 e. The van der Waals surface area contributed by atoms with Crippen LogP contribution in [0.4, 0.5) is 4.39 Å². The van der Waals surface area contributed by atoms with E-state index < -0.39 is 27.5 Å². The number of alkyl halides is 1. The number of aromatic hydroxyl groups is 1. The van der Waals surface area contributed by atoms with Crippen molar-refractivity contribution in [3.63, 3.8) is 0 Å². The predicted octanol–water partition coefficient (Wildman–Crippen LogP) is 1.09. The van der Waals surface area contributed by atoms with Gasteiger partial charge in [-0.15, -0.1) is 0 Å². The predicted molar refractivity (Wildman–Crippen MR) is 116 cm³/mol. The second kappa shape index (κ2) is 11.3. The highest BCUT2D eigenvalue weighted by Crippen LogP contribution is 2.20. The average molecular weight is 433 g/mol. The van der Waals surface area contributed by atoms with Gasteiger partial charge in [-0.1, -0.05) is 26.0 Å². The zero-order chi connectivity index (χ0) is 23.8. The van der Waals surface area contributed by atoms with Gasteiger partial charge in [0.2, 0.25) is 0 Å². The molecular weight excluding hydrogens is 405 g/mol. The number of rotatable bonds is 4. The third kappa shape index (κ3) is 6.30. The van der Waals surface area contributed by atoms with Gasteiger partial charge in [0.25, 0.3) is 0 Å². The highest BCUT2D eigenvalue weighted by atomic mass is 19.1. The molecule has 2 aromatic rings. The van der Waals surface area contributed by atoms with E-state index in [1.54, 1.807) is 24.3 Å². The molecule has 166 valence electrons. The van der Waals surface area contributed by atoms with Crippen molar-refractivity contribution in [1.82, 2.24) is 0 Å². The molecule has 0 spiro atoms. The van der Waals surface area contributed by atoms with Gasteiger partial charge < -0.3 is 29.2 Å². The molecule has 4 rings (SSSR count). The summed E-state index contributed by atoms with van der Waals surface area (Å²) in [5.74, 6) is 0.861. The van der Waals surface area contributed by atoms with Crippen LogP contribution in [0.2, 0.25) is 0 Å². The van der Waals surface area contributed by atoms with E-state index in [2.05, 4.69) is 0 Å². The summed E-state index contributed by atoms with van der Waals surface area (Å²) < 4.78 is 31.2. The quantitative estimate of drug-likeness (QED) is 0.621. The molecule has 0 saturated heterocycles. The number of benzene rings is 2. The van der Waals surface area contributed by atoms with Gasteiger partial charge in [-0.25, -0.2) is 0 Å². The summed E-state index contributed by atoms with van der Waals surface area (Å²) in [6, 6.07) is 10.3. The Hall–Kier alpha value is -2.39. The number of halogens is 1. The van der Waals surface area contributed by atoms with Crippen molar-refractivity contribution in [2.75, 3.05) is 7.15 Å². The fourth-order valence-corrected chi connectivity index (χ4v) is 3.30. The van der Waals surface area contributed by atoms with Crippen LogP contribution in [0.15, 0.2) is 36.4 Å². The van der Waals surface area contributed by atoms with Crippen molar-refractivity contribution in [3.8, 4) is 11.5 Å². The molecule has 2 heterocycles. The number of carbonyl (C=O) groups excluding carboxylic acids is 1. The van der Waals surface area contributed by atoms with Gasteiger partial charge in [-0.2, -0.15) is 0 Å². The second-order valence-corrected chi connectivity index (χ2v) is 7.46. The van der Waals surface area contributed by atoms with Gasteiger partial charge in [0.05, 0.1) is 21.7 Å². The van der Waals surface area contributed by atoms with E-state index >= 15 is 0 Å². The van der Waals surface area contributed by atoms with E-state index in [-0.39, 0.29) is 17.5 Å². The lowest BCUT2D eigenvalue weighted by atomic mass is 9.79. The number of hydrogen-bond donors (Lipinski definition) is 3. The first-order chi connectivity index (χ1) is 15.2. The number of ether oxygens (including phenoxy) is 1. The topological polar surface area (TPSA) is 105 Å². The van der Waals surface area contributed by atoms with E-state index in [9.17, 15) is 19.2 Å².